The number of thioether (sulfide) groups is 1. The molecule has 0 atom stereocenters. The Morgan fingerprint density at radius 2 is 1.89 bits per heavy atom. The number of nitrogens with one attached hydrogen (secondary N) is 2. The van der Waals surface area contributed by atoms with Gasteiger partial charge in [0.25, 0.3) is 0 Å². The number of hydrogen-bond donors (Lipinski definition) is 2. The number of aromatic nitrogens is 2. The van der Waals surface area contributed by atoms with Gasteiger partial charge < -0.3 is 10.6 Å². The van der Waals surface area contributed by atoms with Crippen LogP contribution in [0.25, 0.3) is 0 Å². The molecule has 0 radical (unpaired) electrons. The number of aryl methyl sites for hydroxylation is 2. The average molecular weight is 417 g/mol. The quantitative estimate of drug-likeness (QED) is 0.530. The van der Waals surface area contributed by atoms with Gasteiger partial charge in [0, 0.05) is 12.2 Å². The summed E-state index contributed by atoms with van der Waals surface area (Å²) in [7, 11) is 0. The predicted octanol–water partition coefficient (Wildman–Crippen LogP) is 4.49. The van der Waals surface area contributed by atoms with Crippen molar-refractivity contribution in [1.82, 2.24) is 15.5 Å². The van der Waals surface area contributed by atoms with E-state index in [-0.39, 0.29) is 17.5 Å². The fourth-order valence-electron chi connectivity index (χ4n) is 2.44. The number of carbonyl (C=O) groups is 1. The number of carbonyl (C=O) groups excluding carboxylic acids is 1. The van der Waals surface area contributed by atoms with Gasteiger partial charge in [-0.05, 0) is 61.2 Å². The predicted molar refractivity (Wildman–Crippen MR) is 113 cm³/mol. The van der Waals surface area contributed by atoms with E-state index in [0.29, 0.717) is 18.1 Å². The Balaban J connectivity index is 1.41. The summed E-state index contributed by atoms with van der Waals surface area (Å²) in [6.45, 7) is 4.65. The maximum Gasteiger partial charge on any atom is 0.230 e. The third-order valence-electron chi connectivity index (χ3n) is 4.14. The number of rotatable bonds is 8. The van der Waals surface area contributed by atoms with Crippen LogP contribution < -0.4 is 10.6 Å². The summed E-state index contributed by atoms with van der Waals surface area (Å²) in [5.74, 6) is -0.0413. The van der Waals surface area contributed by atoms with E-state index in [1.165, 1.54) is 46.4 Å². The van der Waals surface area contributed by atoms with Gasteiger partial charge in [-0.15, -0.1) is 10.2 Å². The molecular weight excluding hydrogens is 395 g/mol. The van der Waals surface area contributed by atoms with Gasteiger partial charge in [0.05, 0.1) is 5.75 Å². The Bertz CT molecular complexity index is 944. The summed E-state index contributed by atoms with van der Waals surface area (Å²) in [6, 6.07) is 12.4. The van der Waals surface area contributed by atoms with Crippen LogP contribution in [0, 0.1) is 19.7 Å². The van der Waals surface area contributed by atoms with Crippen molar-refractivity contribution in [2.75, 3.05) is 17.6 Å². The van der Waals surface area contributed by atoms with Crippen molar-refractivity contribution in [1.29, 1.82) is 0 Å². The van der Waals surface area contributed by atoms with Gasteiger partial charge in [0.15, 0.2) is 4.34 Å². The molecule has 146 valence electrons. The summed E-state index contributed by atoms with van der Waals surface area (Å²) < 4.78 is 13.6. The van der Waals surface area contributed by atoms with Crippen molar-refractivity contribution in [2.24, 2.45) is 0 Å². The fraction of sp³-hybridized carbons (Fsp3) is 0.250. The molecule has 8 heteroatoms. The maximum atomic E-state index is 12.9. The van der Waals surface area contributed by atoms with Gasteiger partial charge in [-0.2, -0.15) is 0 Å². The molecule has 0 aliphatic rings. The SMILES string of the molecule is Cc1ccc(Nc2nnc(SCC(=O)NCCc3ccc(F)cc3)s2)cc1C. The lowest BCUT2D eigenvalue weighted by Crippen LogP contribution is -2.27. The third-order valence-corrected chi connectivity index (χ3v) is 6.11. The lowest BCUT2D eigenvalue weighted by molar-refractivity contribution is -0.118. The van der Waals surface area contributed by atoms with Crippen molar-refractivity contribution in [3.63, 3.8) is 0 Å². The Hall–Kier alpha value is -2.45. The number of hydrogen-bond acceptors (Lipinski definition) is 6. The molecule has 2 N–H and O–H groups in total. The van der Waals surface area contributed by atoms with E-state index in [9.17, 15) is 9.18 Å². The Morgan fingerprint density at radius 3 is 2.64 bits per heavy atom. The molecule has 0 aliphatic heterocycles. The van der Waals surface area contributed by atoms with Gasteiger partial charge in [-0.3, -0.25) is 4.79 Å². The van der Waals surface area contributed by atoms with Gasteiger partial charge >= 0.3 is 0 Å². The number of anilines is 2. The monoisotopic (exact) mass is 416 g/mol. The van der Waals surface area contributed by atoms with Crippen LogP contribution in [0.1, 0.15) is 16.7 Å². The molecule has 0 fully saturated rings. The Morgan fingerprint density at radius 1 is 1.11 bits per heavy atom. The van der Waals surface area contributed by atoms with Gasteiger partial charge in [0.1, 0.15) is 5.82 Å². The Labute approximate surface area is 171 Å². The molecule has 1 heterocycles. The van der Waals surface area contributed by atoms with Crippen molar-refractivity contribution in [2.45, 2.75) is 24.6 Å². The number of amides is 1. The van der Waals surface area contributed by atoms with Gasteiger partial charge in [-0.25, -0.2) is 4.39 Å². The van der Waals surface area contributed by atoms with Crippen LogP contribution >= 0.6 is 23.1 Å². The minimum Gasteiger partial charge on any atom is -0.355 e. The molecule has 5 nitrogen and oxygen atoms in total. The van der Waals surface area contributed by atoms with Crippen LogP contribution in [0.2, 0.25) is 0 Å². The zero-order valence-corrected chi connectivity index (χ0v) is 17.3. The minimum absolute atomic E-state index is 0.0639. The highest BCUT2D eigenvalue weighted by Crippen LogP contribution is 2.28. The number of nitrogens with zero attached hydrogens (tertiary/aromatic N) is 2. The van der Waals surface area contributed by atoms with Crippen LogP contribution in [-0.4, -0.2) is 28.4 Å². The van der Waals surface area contributed by atoms with E-state index in [0.717, 1.165) is 15.6 Å². The van der Waals surface area contributed by atoms with Crippen LogP contribution in [0.3, 0.4) is 0 Å². The average Bonchev–Trinajstić information content (AvgIpc) is 3.12. The van der Waals surface area contributed by atoms with Gasteiger partial charge in [0.2, 0.25) is 11.0 Å². The zero-order chi connectivity index (χ0) is 19.9. The summed E-state index contributed by atoms with van der Waals surface area (Å²) in [4.78, 5) is 12.0. The molecule has 0 saturated carbocycles. The second kappa shape index (κ2) is 9.66. The van der Waals surface area contributed by atoms with Crippen molar-refractivity contribution in [3.05, 3.63) is 65.0 Å². The second-order valence-corrected chi connectivity index (χ2v) is 8.51. The van der Waals surface area contributed by atoms with Crippen molar-refractivity contribution >= 4 is 39.8 Å². The van der Waals surface area contributed by atoms with Crippen LogP contribution in [0.15, 0.2) is 46.8 Å². The fourth-order valence-corrected chi connectivity index (χ4v) is 4.04. The summed E-state index contributed by atoms with van der Waals surface area (Å²) in [5.41, 5.74) is 4.40. The molecule has 28 heavy (non-hydrogen) atoms. The van der Waals surface area contributed by atoms with E-state index in [4.69, 9.17) is 0 Å². The summed E-state index contributed by atoms with van der Waals surface area (Å²) >= 11 is 2.77. The first-order valence-corrected chi connectivity index (χ1v) is 10.6. The first kappa shape index (κ1) is 20.3. The van der Waals surface area contributed by atoms with E-state index < -0.39 is 0 Å². The highest BCUT2D eigenvalue weighted by molar-refractivity contribution is 8.01. The molecule has 0 saturated heterocycles. The van der Waals surface area contributed by atoms with E-state index >= 15 is 0 Å². The molecule has 3 rings (SSSR count). The first-order valence-electron chi connectivity index (χ1n) is 8.81. The van der Waals surface area contributed by atoms with Crippen LogP contribution in [0.5, 0.6) is 0 Å². The maximum absolute atomic E-state index is 12.9. The zero-order valence-electron chi connectivity index (χ0n) is 15.7. The lowest BCUT2D eigenvalue weighted by atomic mass is 10.1. The molecule has 2 aromatic carbocycles. The van der Waals surface area contributed by atoms with E-state index in [1.807, 2.05) is 6.07 Å². The summed E-state index contributed by atoms with van der Waals surface area (Å²) in [6.07, 6.45) is 0.666. The van der Waals surface area contributed by atoms with Crippen molar-refractivity contribution in [3.8, 4) is 0 Å². The molecule has 0 spiro atoms. The van der Waals surface area contributed by atoms with E-state index in [2.05, 4.69) is 46.8 Å². The van der Waals surface area contributed by atoms with Crippen LogP contribution in [-0.2, 0) is 11.2 Å². The second-order valence-electron chi connectivity index (χ2n) is 6.31. The first-order chi connectivity index (χ1) is 13.5. The molecule has 1 amide bonds. The number of benzene rings is 2. The molecule has 0 aliphatic carbocycles. The lowest BCUT2D eigenvalue weighted by Gasteiger charge is -2.05. The molecule has 3 aromatic rings. The highest BCUT2D eigenvalue weighted by atomic mass is 32.2. The van der Waals surface area contributed by atoms with Crippen molar-refractivity contribution < 1.29 is 9.18 Å². The van der Waals surface area contributed by atoms with E-state index in [1.54, 1.807) is 12.1 Å². The minimum atomic E-state index is -0.257. The third kappa shape index (κ3) is 6.03. The molecular formula is C20H21FN4OS2. The smallest absolute Gasteiger partial charge is 0.230 e. The molecule has 0 unspecified atom stereocenters. The largest absolute Gasteiger partial charge is 0.355 e. The summed E-state index contributed by atoms with van der Waals surface area (Å²) in [5, 5.41) is 15.0. The highest BCUT2D eigenvalue weighted by Gasteiger charge is 2.09. The molecule has 0 bridgehead atoms. The Kier molecular flexibility index (Phi) is 7.00. The molecule has 1 aromatic heterocycles. The number of halogens is 1. The topological polar surface area (TPSA) is 66.9 Å². The van der Waals surface area contributed by atoms with Gasteiger partial charge in [-0.1, -0.05) is 41.3 Å². The normalized spacial score (nSPS) is 10.7. The standard InChI is InChI=1S/C20H21FN4OS2/c1-13-3-8-17(11-14(13)2)23-19-24-25-20(28-19)27-12-18(26)22-10-9-15-4-6-16(21)7-5-15/h3-8,11H,9-10,12H2,1-2H3,(H,22,26)(H,23,24). The van der Waals surface area contributed by atoms with Crippen LogP contribution in [0.4, 0.5) is 15.2 Å².